The first-order chi connectivity index (χ1) is 15.6. The van der Waals surface area contributed by atoms with Crippen LogP contribution < -0.4 is 15.5 Å². The van der Waals surface area contributed by atoms with E-state index in [0.717, 1.165) is 56.5 Å². The molecule has 0 radical (unpaired) electrons. The first kappa shape index (κ1) is 26.6. The van der Waals surface area contributed by atoms with E-state index in [4.69, 9.17) is 4.99 Å². The molecule has 0 fully saturated rings. The highest BCUT2D eigenvalue weighted by atomic mass is 127. The van der Waals surface area contributed by atoms with Gasteiger partial charge in [-0.05, 0) is 43.9 Å². The molecule has 2 N–H and O–H groups in total. The molecule has 3 rings (SSSR count). The zero-order valence-electron chi connectivity index (χ0n) is 19.9. The van der Waals surface area contributed by atoms with E-state index < -0.39 is 0 Å². The maximum atomic E-state index is 4.75. The van der Waals surface area contributed by atoms with Gasteiger partial charge in [0.2, 0.25) is 0 Å². The lowest BCUT2D eigenvalue weighted by Crippen LogP contribution is -2.39. The summed E-state index contributed by atoms with van der Waals surface area (Å²) in [5, 5.41) is 15.3. The Balaban J connectivity index is 0.00000385. The van der Waals surface area contributed by atoms with Crippen LogP contribution in [0, 0.1) is 6.92 Å². The minimum absolute atomic E-state index is 0. The van der Waals surface area contributed by atoms with E-state index in [1.165, 1.54) is 11.3 Å². The highest BCUT2D eigenvalue weighted by Crippen LogP contribution is 2.10. The van der Waals surface area contributed by atoms with Crippen LogP contribution in [0.1, 0.15) is 30.1 Å². The Morgan fingerprint density at radius 2 is 1.58 bits per heavy atom. The van der Waals surface area contributed by atoms with Crippen LogP contribution in [-0.2, 0) is 20.0 Å². The molecule has 0 aliphatic rings. The lowest BCUT2D eigenvalue weighted by atomic mass is 10.1. The van der Waals surface area contributed by atoms with Crippen LogP contribution in [0.25, 0.3) is 0 Å². The van der Waals surface area contributed by atoms with Crippen molar-refractivity contribution in [3.63, 3.8) is 0 Å². The molecule has 0 amide bonds. The molecule has 0 saturated heterocycles. The quantitative estimate of drug-likeness (QED) is 0.161. The summed E-state index contributed by atoms with van der Waals surface area (Å²) in [6.07, 6.45) is 3.11. The number of benzene rings is 2. The SMILES string of the molecule is Cc1nnc(CN=C(NCCCc2ccccc2)NCCCN(C)c2ccccc2)n1C.I. The molecular weight excluding hydrogens is 525 g/mol. The molecule has 0 unspecified atom stereocenters. The highest BCUT2D eigenvalue weighted by molar-refractivity contribution is 14.0. The van der Waals surface area contributed by atoms with E-state index >= 15 is 0 Å². The average molecular weight is 562 g/mol. The van der Waals surface area contributed by atoms with Gasteiger partial charge in [0.15, 0.2) is 11.8 Å². The van der Waals surface area contributed by atoms with E-state index in [-0.39, 0.29) is 24.0 Å². The summed E-state index contributed by atoms with van der Waals surface area (Å²) in [6.45, 7) is 5.13. The number of aliphatic imine (C=N–C) groups is 1. The fraction of sp³-hybridized carbons (Fsp3) is 0.400. The molecule has 0 spiro atoms. The molecule has 178 valence electrons. The largest absolute Gasteiger partial charge is 0.375 e. The lowest BCUT2D eigenvalue weighted by molar-refractivity contribution is 0.701. The lowest BCUT2D eigenvalue weighted by Gasteiger charge is -2.19. The summed E-state index contributed by atoms with van der Waals surface area (Å²) >= 11 is 0. The van der Waals surface area contributed by atoms with Gasteiger partial charge >= 0.3 is 0 Å². The van der Waals surface area contributed by atoms with Crippen molar-refractivity contribution >= 4 is 35.6 Å². The summed E-state index contributed by atoms with van der Waals surface area (Å²) < 4.78 is 1.98. The van der Waals surface area contributed by atoms with Crippen LogP contribution in [0.3, 0.4) is 0 Å². The standard InChI is InChI=1S/C25H35N7.HI/c1-21-29-30-24(32(21)3)20-28-25(26-17-10-14-22-12-6-4-7-13-22)27-18-11-19-31(2)23-15-8-5-9-16-23;/h4-9,12-13,15-16H,10-11,14,17-20H2,1-3H3,(H2,26,27,28);1H. The molecule has 3 aromatic rings. The maximum Gasteiger partial charge on any atom is 0.191 e. The monoisotopic (exact) mass is 561 g/mol. The predicted molar refractivity (Wildman–Crippen MR) is 147 cm³/mol. The number of aromatic nitrogens is 3. The Labute approximate surface area is 214 Å². The topological polar surface area (TPSA) is 70.4 Å². The van der Waals surface area contributed by atoms with Gasteiger partial charge in [0, 0.05) is 39.4 Å². The molecule has 0 aliphatic heterocycles. The fourth-order valence-electron chi connectivity index (χ4n) is 3.39. The van der Waals surface area contributed by atoms with E-state index in [9.17, 15) is 0 Å². The number of rotatable bonds is 11. The Morgan fingerprint density at radius 1 is 0.939 bits per heavy atom. The van der Waals surface area contributed by atoms with E-state index in [2.05, 4.69) is 87.4 Å². The van der Waals surface area contributed by atoms with Crippen molar-refractivity contribution in [2.45, 2.75) is 32.7 Å². The van der Waals surface area contributed by atoms with Crippen molar-refractivity contribution in [3.8, 4) is 0 Å². The van der Waals surface area contributed by atoms with Gasteiger partial charge in [0.1, 0.15) is 12.4 Å². The average Bonchev–Trinajstić information content (AvgIpc) is 3.15. The molecule has 7 nitrogen and oxygen atoms in total. The molecule has 0 bridgehead atoms. The van der Waals surface area contributed by atoms with Crippen LogP contribution >= 0.6 is 24.0 Å². The number of guanidine groups is 1. The van der Waals surface area contributed by atoms with Gasteiger partial charge in [0.05, 0.1) is 0 Å². The zero-order valence-corrected chi connectivity index (χ0v) is 22.2. The molecule has 33 heavy (non-hydrogen) atoms. The van der Waals surface area contributed by atoms with Crippen molar-refractivity contribution in [1.29, 1.82) is 0 Å². The smallest absolute Gasteiger partial charge is 0.191 e. The number of hydrogen-bond donors (Lipinski definition) is 2. The molecule has 1 aromatic heterocycles. The summed E-state index contributed by atoms with van der Waals surface area (Å²) in [7, 11) is 4.10. The third-order valence-corrected chi connectivity index (χ3v) is 5.50. The molecule has 2 aromatic carbocycles. The Kier molecular flexibility index (Phi) is 11.7. The second kappa shape index (κ2) is 14.5. The normalized spacial score (nSPS) is 11.1. The van der Waals surface area contributed by atoms with Crippen LogP contribution in [0.4, 0.5) is 5.69 Å². The van der Waals surface area contributed by atoms with Gasteiger partial charge in [-0.3, -0.25) is 0 Å². The molecule has 0 aliphatic carbocycles. The molecular formula is C25H36IN7. The van der Waals surface area contributed by atoms with Crippen LogP contribution in [0.2, 0.25) is 0 Å². The summed E-state index contributed by atoms with van der Waals surface area (Å²) in [6, 6.07) is 21.0. The fourth-order valence-corrected chi connectivity index (χ4v) is 3.39. The van der Waals surface area contributed by atoms with Crippen molar-refractivity contribution in [2.24, 2.45) is 12.0 Å². The number of hydrogen-bond acceptors (Lipinski definition) is 4. The van der Waals surface area contributed by atoms with Crippen LogP contribution in [0.5, 0.6) is 0 Å². The Morgan fingerprint density at radius 3 is 2.21 bits per heavy atom. The Bertz CT molecular complexity index is 957. The number of para-hydroxylation sites is 1. The minimum Gasteiger partial charge on any atom is -0.375 e. The third kappa shape index (κ3) is 9.03. The second-order valence-electron chi connectivity index (χ2n) is 7.94. The van der Waals surface area contributed by atoms with E-state index in [1.807, 2.05) is 24.6 Å². The van der Waals surface area contributed by atoms with Crippen LogP contribution in [0.15, 0.2) is 65.7 Å². The molecule has 8 heteroatoms. The zero-order chi connectivity index (χ0) is 22.6. The van der Waals surface area contributed by atoms with Crippen molar-refractivity contribution in [2.75, 3.05) is 31.6 Å². The van der Waals surface area contributed by atoms with Crippen molar-refractivity contribution in [1.82, 2.24) is 25.4 Å². The first-order valence-corrected chi connectivity index (χ1v) is 11.3. The summed E-state index contributed by atoms with van der Waals surface area (Å²) in [5.74, 6) is 2.57. The molecule has 1 heterocycles. The van der Waals surface area contributed by atoms with Gasteiger partial charge in [0.25, 0.3) is 0 Å². The molecule has 0 atom stereocenters. The van der Waals surface area contributed by atoms with E-state index in [0.29, 0.717) is 6.54 Å². The number of anilines is 1. The van der Waals surface area contributed by atoms with Gasteiger partial charge in [-0.1, -0.05) is 48.5 Å². The van der Waals surface area contributed by atoms with Gasteiger partial charge < -0.3 is 20.1 Å². The second-order valence-corrected chi connectivity index (χ2v) is 7.94. The van der Waals surface area contributed by atoms with Gasteiger partial charge in [-0.2, -0.15) is 0 Å². The van der Waals surface area contributed by atoms with Gasteiger partial charge in [-0.15, -0.1) is 34.2 Å². The molecule has 0 saturated carbocycles. The number of halogens is 1. The predicted octanol–water partition coefficient (Wildman–Crippen LogP) is 3.94. The number of aryl methyl sites for hydroxylation is 2. The Hall–Kier alpha value is -2.62. The van der Waals surface area contributed by atoms with E-state index in [1.54, 1.807) is 0 Å². The number of nitrogens with one attached hydrogen (secondary N) is 2. The number of nitrogens with zero attached hydrogens (tertiary/aromatic N) is 5. The van der Waals surface area contributed by atoms with Crippen molar-refractivity contribution in [3.05, 3.63) is 77.9 Å². The van der Waals surface area contributed by atoms with Crippen LogP contribution in [-0.4, -0.2) is 47.4 Å². The van der Waals surface area contributed by atoms with Gasteiger partial charge in [-0.25, -0.2) is 4.99 Å². The summed E-state index contributed by atoms with van der Waals surface area (Å²) in [5.41, 5.74) is 2.59. The highest BCUT2D eigenvalue weighted by Gasteiger charge is 2.06. The summed E-state index contributed by atoms with van der Waals surface area (Å²) in [4.78, 5) is 7.02. The maximum absolute atomic E-state index is 4.75. The third-order valence-electron chi connectivity index (χ3n) is 5.50. The minimum atomic E-state index is 0. The first-order valence-electron chi connectivity index (χ1n) is 11.3. The van der Waals surface area contributed by atoms with Crippen molar-refractivity contribution < 1.29 is 0 Å².